The van der Waals surface area contributed by atoms with Crippen molar-refractivity contribution < 1.29 is 9.18 Å². The number of amides is 1. The molecule has 0 fully saturated rings. The van der Waals surface area contributed by atoms with E-state index in [2.05, 4.69) is 26.1 Å². The summed E-state index contributed by atoms with van der Waals surface area (Å²) >= 11 is 3.39. The van der Waals surface area contributed by atoms with E-state index in [1.165, 1.54) is 12.1 Å². The van der Waals surface area contributed by atoms with Crippen molar-refractivity contribution >= 4 is 21.8 Å². The van der Waals surface area contributed by atoms with E-state index in [1.54, 1.807) is 12.1 Å². The average Bonchev–Trinajstić information content (AvgIpc) is 2.54. The van der Waals surface area contributed by atoms with Crippen molar-refractivity contribution in [1.29, 1.82) is 0 Å². The fourth-order valence-corrected chi connectivity index (χ4v) is 2.70. The molecule has 0 aliphatic carbocycles. The van der Waals surface area contributed by atoms with Gasteiger partial charge in [0.2, 0.25) is 5.91 Å². The molecule has 1 atom stereocenters. The van der Waals surface area contributed by atoms with E-state index in [4.69, 9.17) is 0 Å². The summed E-state index contributed by atoms with van der Waals surface area (Å²) in [5.41, 5.74) is 1.88. The molecule has 1 N–H and O–H groups in total. The standard InChI is InChI=1S/C19H22BrFN2O/c1-23(2)12-11-18(15-5-9-17(21)10-6-15)22-19(24)13-14-3-7-16(20)8-4-14/h3-10,18H,11-13H2,1-2H3,(H,22,24). The van der Waals surface area contributed by atoms with Crippen molar-refractivity contribution in [2.24, 2.45) is 0 Å². The lowest BCUT2D eigenvalue weighted by Crippen LogP contribution is -2.32. The van der Waals surface area contributed by atoms with Crippen molar-refractivity contribution in [3.8, 4) is 0 Å². The number of hydrogen-bond donors (Lipinski definition) is 1. The van der Waals surface area contributed by atoms with Gasteiger partial charge in [-0.1, -0.05) is 40.2 Å². The maximum Gasteiger partial charge on any atom is 0.224 e. The molecule has 0 bridgehead atoms. The highest BCUT2D eigenvalue weighted by Crippen LogP contribution is 2.18. The molecule has 2 rings (SSSR count). The van der Waals surface area contributed by atoms with Crippen LogP contribution in [-0.4, -0.2) is 31.4 Å². The van der Waals surface area contributed by atoms with Crippen LogP contribution in [0.1, 0.15) is 23.6 Å². The van der Waals surface area contributed by atoms with E-state index in [1.807, 2.05) is 38.4 Å². The molecule has 2 aromatic rings. The minimum absolute atomic E-state index is 0.0367. The van der Waals surface area contributed by atoms with E-state index < -0.39 is 0 Å². The maximum atomic E-state index is 13.1. The molecule has 128 valence electrons. The number of nitrogens with one attached hydrogen (secondary N) is 1. The zero-order valence-electron chi connectivity index (χ0n) is 13.9. The van der Waals surface area contributed by atoms with Crippen molar-refractivity contribution in [3.63, 3.8) is 0 Å². The van der Waals surface area contributed by atoms with Gasteiger partial charge in [-0.15, -0.1) is 0 Å². The van der Waals surface area contributed by atoms with Crippen LogP contribution in [0.2, 0.25) is 0 Å². The van der Waals surface area contributed by atoms with Gasteiger partial charge in [0, 0.05) is 4.47 Å². The number of nitrogens with zero attached hydrogens (tertiary/aromatic N) is 1. The lowest BCUT2D eigenvalue weighted by Gasteiger charge is -2.21. The first kappa shape index (κ1) is 18.6. The number of carbonyl (C=O) groups excluding carboxylic acids is 1. The molecular weight excluding hydrogens is 371 g/mol. The van der Waals surface area contributed by atoms with Gasteiger partial charge in [-0.3, -0.25) is 4.79 Å². The molecule has 0 radical (unpaired) electrons. The Morgan fingerprint density at radius 1 is 1.12 bits per heavy atom. The third-order valence-corrected chi connectivity index (χ3v) is 4.28. The third-order valence-electron chi connectivity index (χ3n) is 3.75. The van der Waals surface area contributed by atoms with Crippen LogP contribution < -0.4 is 5.32 Å². The maximum absolute atomic E-state index is 13.1. The molecular formula is C19H22BrFN2O. The number of carbonyl (C=O) groups is 1. The molecule has 0 saturated carbocycles. The van der Waals surface area contributed by atoms with Gasteiger partial charge in [-0.05, 0) is 62.5 Å². The Bertz CT molecular complexity index is 656. The van der Waals surface area contributed by atoms with E-state index >= 15 is 0 Å². The fourth-order valence-electron chi connectivity index (χ4n) is 2.44. The molecule has 0 aliphatic rings. The Morgan fingerprint density at radius 2 is 1.75 bits per heavy atom. The fraction of sp³-hybridized carbons (Fsp3) is 0.316. The molecule has 3 nitrogen and oxygen atoms in total. The summed E-state index contributed by atoms with van der Waals surface area (Å²) in [4.78, 5) is 14.4. The lowest BCUT2D eigenvalue weighted by molar-refractivity contribution is -0.121. The highest BCUT2D eigenvalue weighted by Gasteiger charge is 2.15. The monoisotopic (exact) mass is 392 g/mol. The smallest absolute Gasteiger partial charge is 0.224 e. The summed E-state index contributed by atoms with van der Waals surface area (Å²) in [5, 5.41) is 3.07. The van der Waals surface area contributed by atoms with Crippen LogP contribution in [-0.2, 0) is 11.2 Å². The van der Waals surface area contributed by atoms with Crippen LogP contribution >= 0.6 is 15.9 Å². The minimum Gasteiger partial charge on any atom is -0.349 e. The van der Waals surface area contributed by atoms with Crippen molar-refractivity contribution in [2.75, 3.05) is 20.6 Å². The first-order valence-corrected chi connectivity index (χ1v) is 8.67. The van der Waals surface area contributed by atoms with Crippen LogP contribution in [0.5, 0.6) is 0 Å². The largest absolute Gasteiger partial charge is 0.349 e. The topological polar surface area (TPSA) is 32.3 Å². The molecule has 0 aromatic heterocycles. The Morgan fingerprint density at radius 3 is 2.33 bits per heavy atom. The quantitative estimate of drug-likeness (QED) is 0.773. The average molecular weight is 393 g/mol. The summed E-state index contributed by atoms with van der Waals surface area (Å²) in [6.45, 7) is 0.834. The van der Waals surface area contributed by atoms with Crippen LogP contribution in [0.4, 0.5) is 4.39 Å². The molecule has 24 heavy (non-hydrogen) atoms. The summed E-state index contributed by atoms with van der Waals surface area (Å²) in [5.74, 6) is -0.309. The lowest BCUT2D eigenvalue weighted by atomic mass is 10.0. The summed E-state index contributed by atoms with van der Waals surface area (Å²) < 4.78 is 14.1. The molecule has 5 heteroatoms. The third kappa shape index (κ3) is 6.06. The van der Waals surface area contributed by atoms with Gasteiger partial charge in [-0.25, -0.2) is 4.39 Å². The summed E-state index contributed by atoms with van der Waals surface area (Å²) in [6, 6.07) is 13.9. The number of benzene rings is 2. The van der Waals surface area contributed by atoms with Gasteiger partial charge in [0.25, 0.3) is 0 Å². The highest BCUT2D eigenvalue weighted by atomic mass is 79.9. The second kappa shape index (κ2) is 8.94. The Labute approximate surface area is 151 Å². The molecule has 1 amide bonds. The van der Waals surface area contributed by atoms with Gasteiger partial charge in [-0.2, -0.15) is 0 Å². The first-order chi connectivity index (χ1) is 11.4. The van der Waals surface area contributed by atoms with Crippen LogP contribution in [0.3, 0.4) is 0 Å². The van der Waals surface area contributed by atoms with E-state index in [0.29, 0.717) is 6.42 Å². The van der Waals surface area contributed by atoms with E-state index in [-0.39, 0.29) is 17.8 Å². The van der Waals surface area contributed by atoms with Gasteiger partial charge in [0.1, 0.15) is 5.82 Å². The van der Waals surface area contributed by atoms with Crippen LogP contribution in [0.15, 0.2) is 53.0 Å². The summed E-state index contributed by atoms with van der Waals surface area (Å²) in [6.07, 6.45) is 1.09. The molecule has 0 heterocycles. The van der Waals surface area contributed by atoms with E-state index in [9.17, 15) is 9.18 Å². The Hall–Kier alpha value is -1.72. The summed E-state index contributed by atoms with van der Waals surface area (Å²) in [7, 11) is 3.98. The number of halogens is 2. The van der Waals surface area contributed by atoms with Crippen LogP contribution in [0.25, 0.3) is 0 Å². The van der Waals surface area contributed by atoms with Crippen molar-refractivity contribution in [3.05, 3.63) is 69.9 Å². The van der Waals surface area contributed by atoms with Gasteiger partial charge in [0.05, 0.1) is 12.5 Å². The Balaban J connectivity index is 2.04. The molecule has 0 spiro atoms. The van der Waals surface area contributed by atoms with E-state index in [0.717, 1.165) is 28.6 Å². The second-order valence-electron chi connectivity index (χ2n) is 6.07. The van der Waals surface area contributed by atoms with Gasteiger partial charge >= 0.3 is 0 Å². The van der Waals surface area contributed by atoms with Gasteiger partial charge < -0.3 is 10.2 Å². The number of rotatable bonds is 7. The minimum atomic E-state index is -0.272. The predicted octanol–water partition coefficient (Wildman–Crippen LogP) is 3.94. The number of hydrogen-bond acceptors (Lipinski definition) is 2. The van der Waals surface area contributed by atoms with Crippen LogP contribution in [0, 0.1) is 5.82 Å². The highest BCUT2D eigenvalue weighted by molar-refractivity contribution is 9.10. The van der Waals surface area contributed by atoms with Crippen molar-refractivity contribution in [1.82, 2.24) is 10.2 Å². The predicted molar refractivity (Wildman–Crippen MR) is 98.3 cm³/mol. The zero-order chi connectivity index (χ0) is 17.5. The molecule has 0 aliphatic heterocycles. The molecule has 2 aromatic carbocycles. The van der Waals surface area contributed by atoms with Crippen molar-refractivity contribution in [2.45, 2.75) is 18.9 Å². The van der Waals surface area contributed by atoms with Gasteiger partial charge in [0.15, 0.2) is 0 Å². The molecule has 1 unspecified atom stereocenters. The normalized spacial score (nSPS) is 12.2. The zero-order valence-corrected chi connectivity index (χ0v) is 15.5. The second-order valence-corrected chi connectivity index (χ2v) is 6.98. The SMILES string of the molecule is CN(C)CCC(NC(=O)Cc1ccc(Br)cc1)c1ccc(F)cc1. The molecule has 0 saturated heterocycles. The Kier molecular flexibility index (Phi) is 6.94. The first-order valence-electron chi connectivity index (χ1n) is 7.88.